The fraction of sp³-hybridized carbons (Fsp3) is 0.207. The fourth-order valence-electron chi connectivity index (χ4n) is 4.27. The Kier molecular flexibility index (Phi) is 10.2. The van der Waals surface area contributed by atoms with Gasteiger partial charge in [-0.2, -0.15) is 26.3 Å². The topological polar surface area (TPSA) is 141 Å². The molecule has 0 saturated carbocycles. The highest BCUT2D eigenvalue weighted by molar-refractivity contribution is 6.27. The van der Waals surface area contributed by atoms with E-state index in [1.807, 2.05) is 0 Å². The van der Waals surface area contributed by atoms with E-state index in [9.17, 15) is 49.1 Å². The Morgan fingerprint density at radius 1 is 0.800 bits per heavy atom. The number of urea groups is 1. The van der Waals surface area contributed by atoms with Gasteiger partial charge in [-0.15, -0.1) is 13.2 Å². The third-order valence-electron chi connectivity index (χ3n) is 6.41. The highest BCUT2D eigenvalue weighted by atomic mass is 19.4. The molecule has 3 heterocycles. The van der Waals surface area contributed by atoms with Crippen molar-refractivity contribution < 1.29 is 78.0 Å². The second-order valence-electron chi connectivity index (χ2n) is 9.64. The molecule has 1 aliphatic rings. The Morgan fingerprint density at radius 3 is 2.02 bits per heavy atom. The highest BCUT2D eigenvalue weighted by Crippen LogP contribution is 2.42. The van der Waals surface area contributed by atoms with E-state index in [1.165, 1.54) is 38.6 Å². The van der Waals surface area contributed by atoms with Gasteiger partial charge >= 0.3 is 30.7 Å². The maximum absolute atomic E-state index is 13.4. The zero-order chi connectivity index (χ0) is 37.2. The van der Waals surface area contributed by atoms with Gasteiger partial charge in [0.15, 0.2) is 23.0 Å². The van der Waals surface area contributed by atoms with Gasteiger partial charge in [-0.1, -0.05) is 0 Å². The lowest BCUT2D eigenvalue weighted by atomic mass is 10.1. The number of halogens is 9. The van der Waals surface area contributed by atoms with Crippen molar-refractivity contribution in [3.05, 3.63) is 66.6 Å². The van der Waals surface area contributed by atoms with Crippen molar-refractivity contribution in [1.29, 1.82) is 0 Å². The van der Waals surface area contributed by atoms with Gasteiger partial charge in [-0.25, -0.2) is 14.5 Å². The third kappa shape index (κ3) is 8.33. The Balaban J connectivity index is 0.000000727. The number of carbonyl (C=O) groups excluding carboxylic acids is 2. The molecule has 2 aromatic carbocycles. The number of alkyl halides is 9. The van der Waals surface area contributed by atoms with Crippen LogP contribution >= 0.6 is 0 Å². The lowest BCUT2D eigenvalue weighted by Gasteiger charge is -2.20. The molecule has 4 aromatic rings. The zero-order valence-corrected chi connectivity index (χ0v) is 25.0. The number of amides is 3. The molecule has 21 heteroatoms. The molecule has 50 heavy (non-hydrogen) atoms. The molecular formula is C29H19F9N4O8. The molecular weight excluding hydrogens is 703 g/mol. The van der Waals surface area contributed by atoms with Crippen molar-refractivity contribution in [3.63, 3.8) is 0 Å². The molecule has 0 aliphatic carbocycles. The number of carbonyl (C=O) groups is 3. The number of carboxylic acid groups (broad SMARTS) is 1. The Bertz CT molecular complexity index is 1930. The van der Waals surface area contributed by atoms with Crippen molar-refractivity contribution in [1.82, 2.24) is 9.97 Å². The first-order valence-electron chi connectivity index (χ1n) is 13.3. The Morgan fingerprint density at radius 2 is 1.44 bits per heavy atom. The lowest BCUT2D eigenvalue weighted by Crippen LogP contribution is -2.33. The Hall–Kier alpha value is -6.02. The quantitative estimate of drug-likeness (QED) is 0.157. The number of methoxy groups -OCH3 is 2. The summed E-state index contributed by atoms with van der Waals surface area (Å²) in [6.07, 6.45) is -12.2. The summed E-state index contributed by atoms with van der Waals surface area (Å²) in [5.41, 5.74) is -1.48. The van der Waals surface area contributed by atoms with Crippen LogP contribution in [0.4, 0.5) is 55.7 Å². The molecule has 2 aromatic heterocycles. The molecule has 0 spiro atoms. The summed E-state index contributed by atoms with van der Waals surface area (Å²) in [7, 11) is 2.80. The minimum atomic E-state index is -5.21. The lowest BCUT2D eigenvalue weighted by molar-refractivity contribution is -0.275. The average Bonchev–Trinajstić information content (AvgIpc) is 3.33. The van der Waals surface area contributed by atoms with Crippen LogP contribution in [0.5, 0.6) is 28.7 Å². The van der Waals surface area contributed by atoms with Crippen LogP contribution in [-0.4, -0.2) is 66.3 Å². The number of imide groups is 1. The van der Waals surface area contributed by atoms with Crippen LogP contribution in [0.2, 0.25) is 0 Å². The van der Waals surface area contributed by atoms with Crippen molar-refractivity contribution >= 4 is 40.2 Å². The monoisotopic (exact) mass is 722 g/mol. The van der Waals surface area contributed by atoms with Gasteiger partial charge < -0.3 is 24.1 Å². The second-order valence-corrected chi connectivity index (χ2v) is 9.64. The number of aromatic nitrogens is 2. The van der Waals surface area contributed by atoms with Gasteiger partial charge in [-0.3, -0.25) is 19.7 Å². The number of aliphatic carboxylic acids is 1. The minimum absolute atomic E-state index is 0.0577. The molecule has 0 bridgehead atoms. The number of fused-ring (bicyclic) bond motifs is 1. The van der Waals surface area contributed by atoms with Gasteiger partial charge in [0, 0.05) is 29.9 Å². The van der Waals surface area contributed by atoms with Gasteiger partial charge in [-0.05, 0) is 30.3 Å². The molecule has 3 amide bonds. The van der Waals surface area contributed by atoms with Crippen LogP contribution in [0.15, 0.2) is 61.1 Å². The first-order valence-corrected chi connectivity index (χ1v) is 13.3. The van der Waals surface area contributed by atoms with Gasteiger partial charge in [0.1, 0.15) is 12.3 Å². The second kappa shape index (κ2) is 13.8. The van der Waals surface area contributed by atoms with Crippen LogP contribution in [0.1, 0.15) is 5.56 Å². The molecule has 1 aliphatic heterocycles. The van der Waals surface area contributed by atoms with E-state index in [0.29, 0.717) is 44.5 Å². The number of hydrogen-bond acceptors (Lipinski definition) is 9. The minimum Gasteiger partial charge on any atom is -0.493 e. The molecule has 0 radical (unpaired) electrons. The molecule has 12 nitrogen and oxygen atoms in total. The van der Waals surface area contributed by atoms with Crippen LogP contribution in [0.3, 0.4) is 0 Å². The van der Waals surface area contributed by atoms with E-state index in [4.69, 9.17) is 24.1 Å². The van der Waals surface area contributed by atoms with Crippen LogP contribution in [-0.2, 0) is 15.8 Å². The Labute approximate surface area is 273 Å². The number of carboxylic acids is 1. The number of ether oxygens (including phenoxy) is 4. The maximum atomic E-state index is 13.4. The molecule has 0 atom stereocenters. The van der Waals surface area contributed by atoms with E-state index in [0.717, 1.165) is 24.4 Å². The molecule has 1 fully saturated rings. The average molecular weight is 722 g/mol. The first kappa shape index (κ1) is 36.8. The fourth-order valence-corrected chi connectivity index (χ4v) is 4.27. The number of nitrogens with zero attached hydrogens (tertiary/aromatic N) is 4. The summed E-state index contributed by atoms with van der Waals surface area (Å²) in [5.74, 6) is -4.33. The number of benzene rings is 2. The maximum Gasteiger partial charge on any atom is 0.573 e. The molecule has 266 valence electrons. The zero-order valence-electron chi connectivity index (χ0n) is 25.0. The summed E-state index contributed by atoms with van der Waals surface area (Å²) >= 11 is 0. The molecule has 1 N–H and O–H groups in total. The number of pyridine rings is 2. The van der Waals surface area contributed by atoms with Crippen molar-refractivity contribution in [2.75, 3.05) is 30.6 Å². The number of hydrogen-bond donors (Lipinski definition) is 1. The predicted octanol–water partition coefficient (Wildman–Crippen LogP) is 6.96. The summed E-state index contributed by atoms with van der Waals surface area (Å²) < 4.78 is 132. The predicted molar refractivity (Wildman–Crippen MR) is 151 cm³/mol. The first-order chi connectivity index (χ1) is 23.2. The van der Waals surface area contributed by atoms with Crippen molar-refractivity contribution in [3.8, 4) is 28.7 Å². The normalized spacial score (nSPS) is 13.6. The van der Waals surface area contributed by atoms with E-state index in [2.05, 4.69) is 14.7 Å². The van der Waals surface area contributed by atoms with Crippen LogP contribution in [0, 0.1) is 0 Å². The number of anilines is 2. The third-order valence-corrected chi connectivity index (χ3v) is 6.41. The molecule has 1 saturated heterocycles. The molecule has 0 unspecified atom stereocenters. The van der Waals surface area contributed by atoms with E-state index in [-0.39, 0.29) is 17.1 Å². The highest BCUT2D eigenvalue weighted by Gasteiger charge is 2.41. The standard InChI is InChI=1S/C27H18F6N4O6.C2HF3O2/c1-40-21-9-17-18(10-22(21)41-2)35-6-5-19(17)42-20-4-3-15(8-23(20)43-27(31,32)33)37-24(38)13-36(25(37)39)16-7-14(11-34-12-16)26(28,29)30;3-2(4,5)1(6)7/h3-12H,13H2,1-2H3;(H,6,7). The van der Waals surface area contributed by atoms with Gasteiger partial charge in [0.25, 0.3) is 5.91 Å². The number of rotatable bonds is 7. The van der Waals surface area contributed by atoms with E-state index >= 15 is 0 Å². The summed E-state index contributed by atoms with van der Waals surface area (Å²) in [5, 5.41) is 7.47. The largest absolute Gasteiger partial charge is 0.573 e. The van der Waals surface area contributed by atoms with Crippen LogP contribution < -0.4 is 28.7 Å². The summed E-state index contributed by atoms with van der Waals surface area (Å²) in [6.45, 7) is -0.691. The molecule has 5 rings (SSSR count). The summed E-state index contributed by atoms with van der Waals surface area (Å²) in [6, 6.07) is 6.85. The van der Waals surface area contributed by atoms with Crippen molar-refractivity contribution in [2.45, 2.75) is 18.7 Å². The van der Waals surface area contributed by atoms with Gasteiger partial charge in [0.2, 0.25) is 0 Å². The SMILES string of the molecule is COc1cc2nccc(Oc3ccc(N4C(=O)CN(c5cncc(C(F)(F)F)c5)C4=O)cc3OC(F)(F)F)c2cc1OC.O=C(O)C(F)(F)F. The van der Waals surface area contributed by atoms with E-state index in [1.54, 1.807) is 0 Å². The summed E-state index contributed by atoms with van der Waals surface area (Å²) in [4.78, 5) is 43.7. The van der Waals surface area contributed by atoms with Crippen molar-refractivity contribution in [2.24, 2.45) is 0 Å². The van der Waals surface area contributed by atoms with E-state index < -0.39 is 60.2 Å². The van der Waals surface area contributed by atoms with Gasteiger partial charge in [0.05, 0.1) is 42.9 Å². The smallest absolute Gasteiger partial charge is 0.493 e. The van der Waals surface area contributed by atoms with Crippen LogP contribution in [0.25, 0.3) is 10.9 Å².